The quantitative estimate of drug-likeness (QED) is 0.129. The minimum Gasteiger partial charge on any atom is -0.489 e. The van der Waals surface area contributed by atoms with Crippen LogP contribution in [0.15, 0.2) is 97.1 Å². The van der Waals surface area contributed by atoms with Crippen LogP contribution in [0.2, 0.25) is 0 Å². The first-order chi connectivity index (χ1) is 23.5. The van der Waals surface area contributed by atoms with E-state index in [4.69, 9.17) is 14.2 Å². The van der Waals surface area contributed by atoms with Crippen LogP contribution in [0.25, 0.3) is 11.1 Å². The van der Waals surface area contributed by atoms with E-state index >= 15 is 0 Å². The summed E-state index contributed by atoms with van der Waals surface area (Å²) in [6.07, 6.45) is -4.73. The number of hydrogen-bond acceptors (Lipinski definition) is 6. The summed E-state index contributed by atoms with van der Waals surface area (Å²) < 4.78 is 55.7. The number of nitrogens with zero attached hydrogens (tertiary/aromatic N) is 1. The second-order valence-electron chi connectivity index (χ2n) is 12.1. The zero-order chi connectivity index (χ0) is 35.0. The molecule has 1 atom stereocenters. The Hall–Kier alpha value is -5.32. The lowest BCUT2D eigenvalue weighted by Gasteiger charge is -2.36. The standard InChI is InChI=1S/C38H37F3N2O6/c1-25(2)23-48-37(46)43-21-19-29-12-17-32(47-24-26-8-13-30(14-9-26)38(39,40)41)22-33(29)35(43)36(45)42-20-18-34(44)49-31-15-10-28(11-16-31)27-6-4-3-5-7-27/h3-17,22,25,35H,18-21,23-24H2,1-2H3,(H,42,45)/t35-/m0/s1. The van der Waals surface area contributed by atoms with Gasteiger partial charge >= 0.3 is 18.2 Å². The van der Waals surface area contributed by atoms with E-state index in [0.717, 1.165) is 28.8 Å². The smallest absolute Gasteiger partial charge is 0.416 e. The molecule has 5 rings (SSSR count). The molecule has 0 fully saturated rings. The first-order valence-electron chi connectivity index (χ1n) is 16.0. The number of esters is 1. The van der Waals surface area contributed by atoms with Gasteiger partial charge in [-0.05, 0) is 76.6 Å². The van der Waals surface area contributed by atoms with Crippen molar-refractivity contribution in [3.05, 3.63) is 119 Å². The van der Waals surface area contributed by atoms with E-state index < -0.39 is 35.8 Å². The molecule has 1 aliphatic rings. The highest BCUT2D eigenvalue weighted by Gasteiger charge is 2.37. The Labute approximate surface area is 282 Å². The van der Waals surface area contributed by atoms with Crippen molar-refractivity contribution in [2.45, 2.75) is 45.5 Å². The van der Waals surface area contributed by atoms with Crippen molar-refractivity contribution in [3.8, 4) is 22.6 Å². The topological polar surface area (TPSA) is 94.2 Å². The SMILES string of the molecule is CC(C)COC(=O)N1CCc2ccc(OCc3ccc(C(F)(F)F)cc3)cc2[C@H]1C(=O)NCCC(=O)Oc1ccc(-c2ccccc2)cc1. The highest BCUT2D eigenvalue weighted by Crippen LogP contribution is 2.34. The maximum atomic E-state index is 13.7. The molecule has 0 unspecified atom stereocenters. The molecular formula is C38H37F3N2O6. The van der Waals surface area contributed by atoms with Crippen LogP contribution in [-0.2, 0) is 33.5 Å². The predicted octanol–water partition coefficient (Wildman–Crippen LogP) is 7.76. The third-order valence-electron chi connectivity index (χ3n) is 7.88. The van der Waals surface area contributed by atoms with Crippen molar-refractivity contribution < 1.29 is 41.8 Å². The monoisotopic (exact) mass is 674 g/mol. The molecule has 0 saturated heterocycles. The molecule has 256 valence electrons. The van der Waals surface area contributed by atoms with E-state index in [2.05, 4.69) is 5.32 Å². The van der Waals surface area contributed by atoms with Gasteiger partial charge in [0.2, 0.25) is 5.91 Å². The Morgan fingerprint density at radius 3 is 2.22 bits per heavy atom. The third kappa shape index (κ3) is 9.40. The number of rotatable bonds is 11. The van der Waals surface area contributed by atoms with Gasteiger partial charge in [-0.25, -0.2) is 4.79 Å². The molecule has 0 spiro atoms. The van der Waals surface area contributed by atoms with Gasteiger partial charge in [-0.1, -0.05) is 74.5 Å². The summed E-state index contributed by atoms with van der Waals surface area (Å²) in [4.78, 5) is 40.8. The maximum absolute atomic E-state index is 13.7. The van der Waals surface area contributed by atoms with Gasteiger partial charge in [0, 0.05) is 13.1 Å². The van der Waals surface area contributed by atoms with Crippen LogP contribution in [0, 0.1) is 5.92 Å². The van der Waals surface area contributed by atoms with Crippen LogP contribution in [0.1, 0.15) is 48.6 Å². The lowest BCUT2D eigenvalue weighted by molar-refractivity contribution is -0.137. The molecule has 0 aliphatic carbocycles. The number of alkyl halides is 3. The second kappa shape index (κ2) is 15.7. The van der Waals surface area contributed by atoms with Gasteiger partial charge in [-0.15, -0.1) is 0 Å². The molecule has 8 nitrogen and oxygen atoms in total. The third-order valence-corrected chi connectivity index (χ3v) is 7.88. The van der Waals surface area contributed by atoms with Crippen LogP contribution in [-0.4, -0.2) is 42.6 Å². The molecule has 1 heterocycles. The molecule has 4 aromatic carbocycles. The summed E-state index contributed by atoms with van der Waals surface area (Å²) >= 11 is 0. The highest BCUT2D eigenvalue weighted by molar-refractivity contribution is 5.88. The number of hydrogen-bond donors (Lipinski definition) is 1. The van der Waals surface area contributed by atoms with Crippen LogP contribution in [0.5, 0.6) is 11.5 Å². The predicted molar refractivity (Wildman–Crippen MR) is 177 cm³/mol. The number of amides is 2. The van der Waals surface area contributed by atoms with Gasteiger partial charge in [0.25, 0.3) is 0 Å². The van der Waals surface area contributed by atoms with Crippen molar-refractivity contribution in [1.29, 1.82) is 0 Å². The molecule has 11 heteroatoms. The Morgan fingerprint density at radius 2 is 1.55 bits per heavy atom. The lowest BCUT2D eigenvalue weighted by atomic mass is 9.92. The minimum absolute atomic E-state index is 0.00890. The first-order valence-corrected chi connectivity index (χ1v) is 16.0. The van der Waals surface area contributed by atoms with E-state index in [1.54, 1.807) is 30.3 Å². The number of halogens is 3. The summed E-state index contributed by atoms with van der Waals surface area (Å²) in [5.74, 6) is -0.221. The van der Waals surface area contributed by atoms with Crippen LogP contribution < -0.4 is 14.8 Å². The number of carbonyl (C=O) groups excluding carboxylic acids is 3. The van der Waals surface area contributed by atoms with Crippen molar-refractivity contribution in [2.24, 2.45) is 5.92 Å². The Balaban J connectivity index is 1.24. The molecule has 0 bridgehead atoms. The molecule has 0 radical (unpaired) electrons. The van der Waals surface area contributed by atoms with E-state index in [9.17, 15) is 27.6 Å². The Morgan fingerprint density at radius 1 is 0.878 bits per heavy atom. The summed E-state index contributed by atoms with van der Waals surface area (Å²) in [7, 11) is 0. The maximum Gasteiger partial charge on any atom is 0.416 e. The number of carbonyl (C=O) groups is 3. The van der Waals surface area contributed by atoms with Crippen molar-refractivity contribution in [3.63, 3.8) is 0 Å². The lowest BCUT2D eigenvalue weighted by Crippen LogP contribution is -2.48. The summed E-state index contributed by atoms with van der Waals surface area (Å²) in [6, 6.07) is 25.7. The van der Waals surface area contributed by atoms with Crippen LogP contribution in [0.3, 0.4) is 0 Å². The van der Waals surface area contributed by atoms with Gasteiger partial charge in [0.05, 0.1) is 18.6 Å². The number of ether oxygens (including phenoxy) is 3. The van der Waals surface area contributed by atoms with E-state index in [1.807, 2.05) is 56.3 Å². The highest BCUT2D eigenvalue weighted by atomic mass is 19.4. The summed E-state index contributed by atoms with van der Waals surface area (Å²) in [5.41, 5.74) is 3.13. The van der Waals surface area contributed by atoms with Crippen molar-refractivity contribution in [1.82, 2.24) is 10.2 Å². The van der Waals surface area contributed by atoms with E-state index in [1.165, 1.54) is 17.0 Å². The summed E-state index contributed by atoms with van der Waals surface area (Å²) in [5, 5.41) is 2.76. The van der Waals surface area contributed by atoms with Crippen LogP contribution in [0.4, 0.5) is 18.0 Å². The van der Waals surface area contributed by atoms with Crippen molar-refractivity contribution in [2.75, 3.05) is 19.7 Å². The number of fused-ring (bicyclic) bond motifs is 1. The number of benzene rings is 4. The van der Waals surface area contributed by atoms with Gasteiger partial charge in [0.1, 0.15) is 24.1 Å². The van der Waals surface area contributed by atoms with E-state index in [0.29, 0.717) is 29.0 Å². The van der Waals surface area contributed by atoms with Gasteiger partial charge in [0.15, 0.2) is 0 Å². The van der Waals surface area contributed by atoms with Gasteiger partial charge in [-0.2, -0.15) is 13.2 Å². The summed E-state index contributed by atoms with van der Waals surface area (Å²) in [6.45, 7) is 4.16. The fourth-order valence-corrected chi connectivity index (χ4v) is 5.35. The molecule has 4 aromatic rings. The first kappa shape index (κ1) is 35.0. The van der Waals surface area contributed by atoms with Crippen molar-refractivity contribution >= 4 is 18.0 Å². The van der Waals surface area contributed by atoms with Crippen LogP contribution >= 0.6 is 0 Å². The molecule has 1 N–H and O–H groups in total. The minimum atomic E-state index is -4.44. The average Bonchev–Trinajstić information content (AvgIpc) is 3.09. The fraction of sp³-hybridized carbons (Fsp3) is 0.289. The molecule has 2 amide bonds. The molecule has 0 aromatic heterocycles. The van der Waals surface area contributed by atoms with E-state index in [-0.39, 0.29) is 38.6 Å². The Kier molecular flexibility index (Phi) is 11.2. The molecule has 49 heavy (non-hydrogen) atoms. The normalized spacial score (nSPS) is 14.2. The average molecular weight is 675 g/mol. The zero-order valence-corrected chi connectivity index (χ0v) is 27.2. The largest absolute Gasteiger partial charge is 0.489 e. The molecule has 0 saturated carbocycles. The second-order valence-corrected chi connectivity index (χ2v) is 12.1. The van der Waals surface area contributed by atoms with Gasteiger partial charge in [-0.3, -0.25) is 14.5 Å². The number of nitrogens with one attached hydrogen (secondary N) is 1. The Bertz CT molecular complexity index is 1740. The molecule has 1 aliphatic heterocycles. The zero-order valence-electron chi connectivity index (χ0n) is 27.2. The fourth-order valence-electron chi connectivity index (χ4n) is 5.35. The van der Waals surface area contributed by atoms with Gasteiger partial charge < -0.3 is 19.5 Å². The molecular weight excluding hydrogens is 637 g/mol.